The van der Waals surface area contributed by atoms with E-state index in [9.17, 15) is 8.42 Å². The minimum Gasteiger partial charge on any atom is -0.339 e. The van der Waals surface area contributed by atoms with Gasteiger partial charge in [-0.1, -0.05) is 24.4 Å². The summed E-state index contributed by atoms with van der Waals surface area (Å²) in [4.78, 5) is 4.23. The number of sulfone groups is 1. The Balaban J connectivity index is 2.22. The molecular weight excluding hydrogens is 254 g/mol. The van der Waals surface area contributed by atoms with Gasteiger partial charge < -0.3 is 10.3 Å². The highest BCUT2D eigenvalue weighted by Gasteiger charge is 2.38. The van der Waals surface area contributed by atoms with Gasteiger partial charge in [0.15, 0.2) is 15.7 Å². The monoisotopic (exact) mass is 273 g/mol. The Morgan fingerprint density at radius 1 is 1.33 bits per heavy atom. The van der Waals surface area contributed by atoms with Crippen LogP contribution in [0.4, 0.5) is 0 Å². The van der Waals surface area contributed by atoms with Crippen molar-refractivity contribution in [3.05, 3.63) is 11.7 Å². The zero-order chi connectivity index (χ0) is 13.2. The predicted octanol–water partition coefficient (Wildman–Crippen LogP) is 0.775. The number of nitrogens with two attached hydrogens (primary N) is 1. The summed E-state index contributed by atoms with van der Waals surface area (Å²) in [6.07, 6.45) is 6.42. The molecule has 1 aromatic heterocycles. The largest absolute Gasteiger partial charge is 0.339 e. The van der Waals surface area contributed by atoms with E-state index in [1.807, 2.05) is 0 Å². The van der Waals surface area contributed by atoms with Crippen molar-refractivity contribution in [2.75, 3.05) is 12.8 Å². The third kappa shape index (κ3) is 2.89. The SMILES string of the molecule is CS(=O)(=O)Cc1noc(C2(CN)CCCCC2)n1. The van der Waals surface area contributed by atoms with E-state index >= 15 is 0 Å². The van der Waals surface area contributed by atoms with Gasteiger partial charge in [0.05, 0.1) is 5.41 Å². The van der Waals surface area contributed by atoms with Gasteiger partial charge in [-0.15, -0.1) is 0 Å². The van der Waals surface area contributed by atoms with Gasteiger partial charge >= 0.3 is 0 Å². The second-order valence-corrected chi connectivity index (χ2v) is 7.27. The number of aromatic nitrogens is 2. The zero-order valence-electron chi connectivity index (χ0n) is 10.6. The van der Waals surface area contributed by atoms with E-state index < -0.39 is 9.84 Å². The lowest BCUT2D eigenvalue weighted by Crippen LogP contribution is -2.37. The summed E-state index contributed by atoms with van der Waals surface area (Å²) in [5.74, 6) is 0.547. The fourth-order valence-electron chi connectivity index (χ4n) is 2.50. The van der Waals surface area contributed by atoms with Crippen molar-refractivity contribution in [3.63, 3.8) is 0 Å². The van der Waals surface area contributed by atoms with Gasteiger partial charge in [-0.2, -0.15) is 4.98 Å². The molecule has 6 nitrogen and oxygen atoms in total. The van der Waals surface area contributed by atoms with Crippen LogP contribution in [0.2, 0.25) is 0 Å². The fourth-order valence-corrected chi connectivity index (χ4v) is 3.08. The van der Waals surface area contributed by atoms with Crippen molar-refractivity contribution in [2.45, 2.75) is 43.3 Å². The van der Waals surface area contributed by atoms with Crippen molar-refractivity contribution in [1.29, 1.82) is 0 Å². The number of nitrogens with zero attached hydrogens (tertiary/aromatic N) is 2. The first-order chi connectivity index (χ1) is 8.45. The van der Waals surface area contributed by atoms with Crippen LogP contribution in [0.5, 0.6) is 0 Å². The summed E-state index contributed by atoms with van der Waals surface area (Å²) in [5.41, 5.74) is 5.61. The molecule has 0 aromatic carbocycles. The van der Waals surface area contributed by atoms with Crippen LogP contribution in [-0.4, -0.2) is 31.4 Å². The predicted molar refractivity (Wildman–Crippen MR) is 66.7 cm³/mol. The van der Waals surface area contributed by atoms with E-state index in [1.165, 1.54) is 6.42 Å². The highest BCUT2D eigenvalue weighted by atomic mass is 32.2. The highest BCUT2D eigenvalue weighted by molar-refractivity contribution is 7.89. The molecule has 1 aliphatic carbocycles. The van der Waals surface area contributed by atoms with Crippen LogP contribution in [0.15, 0.2) is 4.52 Å². The Morgan fingerprint density at radius 3 is 2.56 bits per heavy atom. The minimum absolute atomic E-state index is 0.183. The quantitative estimate of drug-likeness (QED) is 0.870. The van der Waals surface area contributed by atoms with Crippen molar-refractivity contribution < 1.29 is 12.9 Å². The fraction of sp³-hybridized carbons (Fsp3) is 0.818. The van der Waals surface area contributed by atoms with E-state index in [2.05, 4.69) is 10.1 Å². The van der Waals surface area contributed by atoms with Crippen molar-refractivity contribution in [3.8, 4) is 0 Å². The first kappa shape index (κ1) is 13.5. The molecule has 0 amide bonds. The highest BCUT2D eigenvalue weighted by Crippen LogP contribution is 2.37. The Hall–Kier alpha value is -0.950. The standard InChI is InChI=1S/C11H19N3O3S/c1-18(15,16)7-9-13-10(17-14-9)11(8-12)5-3-2-4-6-11/h2-8,12H2,1H3. The van der Waals surface area contributed by atoms with Crippen molar-refractivity contribution in [1.82, 2.24) is 10.1 Å². The molecule has 0 atom stereocenters. The molecule has 1 fully saturated rings. The molecule has 7 heteroatoms. The van der Waals surface area contributed by atoms with Crippen LogP contribution < -0.4 is 5.73 Å². The topological polar surface area (TPSA) is 99.1 Å². The lowest BCUT2D eigenvalue weighted by atomic mass is 9.74. The van der Waals surface area contributed by atoms with Gasteiger partial charge in [-0.05, 0) is 12.8 Å². The molecule has 2 N–H and O–H groups in total. The molecule has 0 radical (unpaired) electrons. The van der Waals surface area contributed by atoms with Gasteiger partial charge in [0.1, 0.15) is 5.75 Å². The summed E-state index contributed by atoms with van der Waals surface area (Å²) in [6, 6.07) is 0. The second-order valence-electron chi connectivity index (χ2n) is 5.13. The molecule has 1 aliphatic rings. The molecule has 1 heterocycles. The van der Waals surface area contributed by atoms with Gasteiger partial charge in [0.25, 0.3) is 0 Å². The normalized spacial score (nSPS) is 19.9. The van der Waals surface area contributed by atoms with Gasteiger partial charge in [-0.3, -0.25) is 0 Å². The third-order valence-electron chi connectivity index (χ3n) is 3.51. The maximum absolute atomic E-state index is 11.2. The van der Waals surface area contributed by atoms with Gasteiger partial charge in [0, 0.05) is 12.8 Å². The Kier molecular flexibility index (Phi) is 3.72. The lowest BCUT2D eigenvalue weighted by molar-refractivity contribution is 0.219. The van der Waals surface area contributed by atoms with E-state index in [-0.39, 0.29) is 17.0 Å². The summed E-state index contributed by atoms with van der Waals surface area (Å²) in [7, 11) is -3.14. The second kappa shape index (κ2) is 4.97. The Morgan fingerprint density at radius 2 is 2.00 bits per heavy atom. The molecule has 0 saturated heterocycles. The summed E-state index contributed by atoms with van der Waals surface area (Å²) >= 11 is 0. The van der Waals surface area contributed by atoms with Crippen LogP contribution in [0.25, 0.3) is 0 Å². The van der Waals surface area contributed by atoms with E-state index in [0.717, 1.165) is 31.9 Å². The van der Waals surface area contributed by atoms with E-state index in [4.69, 9.17) is 10.3 Å². The summed E-state index contributed by atoms with van der Waals surface area (Å²) in [5, 5.41) is 3.75. The van der Waals surface area contributed by atoms with Crippen LogP contribution in [0, 0.1) is 0 Å². The Bertz CT molecular complexity index is 503. The van der Waals surface area contributed by atoms with Gasteiger partial charge in [0.2, 0.25) is 5.89 Å². The summed E-state index contributed by atoms with van der Waals surface area (Å²) in [6.45, 7) is 0.466. The molecule has 102 valence electrons. The van der Waals surface area contributed by atoms with E-state index in [1.54, 1.807) is 0 Å². The Labute approximate surface area is 107 Å². The molecule has 0 aliphatic heterocycles. The number of rotatable bonds is 4. The number of hydrogen-bond donors (Lipinski definition) is 1. The van der Waals surface area contributed by atoms with Crippen LogP contribution in [0.3, 0.4) is 0 Å². The first-order valence-corrected chi connectivity index (χ1v) is 8.22. The average Bonchev–Trinajstić information content (AvgIpc) is 2.76. The molecule has 1 saturated carbocycles. The molecule has 2 rings (SSSR count). The van der Waals surface area contributed by atoms with E-state index in [0.29, 0.717) is 12.4 Å². The lowest BCUT2D eigenvalue weighted by Gasteiger charge is -2.32. The third-order valence-corrected chi connectivity index (χ3v) is 4.30. The van der Waals surface area contributed by atoms with Crippen LogP contribution in [0.1, 0.15) is 43.8 Å². The smallest absolute Gasteiger partial charge is 0.234 e. The molecule has 0 unspecified atom stereocenters. The maximum Gasteiger partial charge on any atom is 0.234 e. The molecule has 0 spiro atoms. The number of hydrogen-bond acceptors (Lipinski definition) is 6. The molecule has 0 bridgehead atoms. The van der Waals surface area contributed by atoms with Crippen molar-refractivity contribution >= 4 is 9.84 Å². The molecule has 18 heavy (non-hydrogen) atoms. The van der Waals surface area contributed by atoms with Crippen molar-refractivity contribution in [2.24, 2.45) is 5.73 Å². The molecular formula is C11H19N3O3S. The van der Waals surface area contributed by atoms with Gasteiger partial charge in [-0.25, -0.2) is 8.42 Å². The summed E-state index contributed by atoms with van der Waals surface area (Å²) < 4.78 is 27.6. The maximum atomic E-state index is 11.2. The van der Waals surface area contributed by atoms with Crippen LogP contribution >= 0.6 is 0 Å². The van der Waals surface area contributed by atoms with Crippen LogP contribution in [-0.2, 0) is 21.0 Å². The molecule has 1 aromatic rings. The average molecular weight is 273 g/mol. The first-order valence-electron chi connectivity index (χ1n) is 6.16. The minimum atomic E-state index is -3.14. The zero-order valence-corrected chi connectivity index (χ0v) is 11.4.